The van der Waals surface area contributed by atoms with E-state index in [4.69, 9.17) is 0 Å². The van der Waals surface area contributed by atoms with Crippen LogP contribution < -0.4 is 10.1 Å². The minimum absolute atomic E-state index is 0.0584. The molecule has 1 heterocycles. The predicted octanol–water partition coefficient (Wildman–Crippen LogP) is 3.57. The minimum Gasteiger partial charge on any atom is -0.480 e. The van der Waals surface area contributed by atoms with E-state index in [1.54, 1.807) is 0 Å². The maximum atomic E-state index is 13.1. The monoisotopic (exact) mass is 461 g/mol. The molecule has 0 aromatic heterocycles. The normalized spacial score (nSPS) is 16.8. The Kier molecular flexibility index (Phi) is 6.28. The molecule has 1 fully saturated rings. The highest BCUT2D eigenvalue weighted by Crippen LogP contribution is 2.35. The number of carboxylic acid groups (broad SMARTS) is 1. The molecule has 0 radical (unpaired) electrons. The molecule has 0 amide bonds. The molecular weight excluding hydrogens is 442 g/mol. The SMILES string of the molecule is O=C(O)C1(S(=O)(=O)c2ccc(-c3ccc(OC(F)(F)C(F)F)cc3)cc2)CCNCC1. The van der Waals surface area contributed by atoms with Crippen molar-refractivity contribution < 1.29 is 40.6 Å². The summed E-state index contributed by atoms with van der Waals surface area (Å²) in [5, 5.41) is 12.6. The summed E-state index contributed by atoms with van der Waals surface area (Å²) in [6.45, 7) is 0.533. The van der Waals surface area contributed by atoms with Gasteiger partial charge in [-0.15, -0.1) is 0 Å². The smallest absolute Gasteiger partial charge is 0.461 e. The number of halogens is 4. The number of aliphatic carboxylic acids is 1. The Bertz CT molecular complexity index is 1030. The van der Waals surface area contributed by atoms with Gasteiger partial charge in [-0.1, -0.05) is 24.3 Å². The van der Waals surface area contributed by atoms with E-state index in [2.05, 4.69) is 10.1 Å². The minimum atomic E-state index is -4.62. The van der Waals surface area contributed by atoms with Crippen LogP contribution in [0.1, 0.15) is 12.8 Å². The van der Waals surface area contributed by atoms with Gasteiger partial charge in [-0.3, -0.25) is 4.79 Å². The average molecular weight is 461 g/mol. The first-order valence-electron chi connectivity index (χ1n) is 9.24. The van der Waals surface area contributed by atoms with Crippen molar-refractivity contribution in [2.45, 2.75) is 35.0 Å². The lowest BCUT2D eigenvalue weighted by Crippen LogP contribution is -2.53. The van der Waals surface area contributed by atoms with Gasteiger partial charge in [0.1, 0.15) is 5.75 Å². The summed E-state index contributed by atoms with van der Waals surface area (Å²) in [6, 6.07) is 10.4. The van der Waals surface area contributed by atoms with Crippen LogP contribution in [0.3, 0.4) is 0 Å². The molecule has 3 rings (SSSR count). The molecule has 11 heteroatoms. The topological polar surface area (TPSA) is 92.7 Å². The van der Waals surface area contributed by atoms with Crippen LogP contribution in [-0.2, 0) is 14.6 Å². The molecule has 6 nitrogen and oxygen atoms in total. The van der Waals surface area contributed by atoms with Crippen molar-refractivity contribution in [1.82, 2.24) is 5.32 Å². The van der Waals surface area contributed by atoms with Crippen LogP contribution >= 0.6 is 0 Å². The molecule has 1 saturated heterocycles. The molecule has 1 aliphatic heterocycles. The predicted molar refractivity (Wildman–Crippen MR) is 103 cm³/mol. The van der Waals surface area contributed by atoms with Crippen LogP contribution in [0.25, 0.3) is 11.1 Å². The van der Waals surface area contributed by atoms with Gasteiger partial charge in [-0.05, 0) is 61.3 Å². The van der Waals surface area contributed by atoms with Gasteiger partial charge in [0, 0.05) is 0 Å². The van der Waals surface area contributed by atoms with Crippen LogP contribution in [-0.4, -0.2) is 49.9 Å². The van der Waals surface area contributed by atoms with E-state index in [-0.39, 0.29) is 30.8 Å². The molecule has 1 aliphatic rings. The van der Waals surface area contributed by atoms with Crippen molar-refractivity contribution in [3.05, 3.63) is 48.5 Å². The molecule has 0 atom stereocenters. The van der Waals surface area contributed by atoms with Crippen molar-refractivity contribution in [3.63, 3.8) is 0 Å². The van der Waals surface area contributed by atoms with Gasteiger partial charge in [0.25, 0.3) is 0 Å². The van der Waals surface area contributed by atoms with Crippen molar-refractivity contribution in [3.8, 4) is 16.9 Å². The lowest BCUT2D eigenvalue weighted by molar-refractivity contribution is -0.253. The van der Waals surface area contributed by atoms with Crippen LogP contribution in [0.2, 0.25) is 0 Å². The highest BCUT2D eigenvalue weighted by Gasteiger charge is 2.52. The zero-order chi connectivity index (χ0) is 22.9. The molecule has 2 aromatic carbocycles. The summed E-state index contributed by atoms with van der Waals surface area (Å²) in [6.07, 6.45) is -8.71. The molecule has 0 aliphatic carbocycles. The van der Waals surface area contributed by atoms with Crippen LogP contribution in [0.4, 0.5) is 17.6 Å². The van der Waals surface area contributed by atoms with Crippen LogP contribution in [0.15, 0.2) is 53.4 Å². The van der Waals surface area contributed by atoms with Crippen molar-refractivity contribution in [1.29, 1.82) is 0 Å². The molecular formula is C20H19F4NO5S. The number of carbonyl (C=O) groups is 1. The van der Waals surface area contributed by atoms with Gasteiger partial charge in [0.2, 0.25) is 0 Å². The van der Waals surface area contributed by atoms with Gasteiger partial charge in [0.05, 0.1) is 4.90 Å². The summed E-state index contributed by atoms with van der Waals surface area (Å²) in [5.74, 6) is -1.85. The van der Waals surface area contributed by atoms with Crippen molar-refractivity contribution in [2.75, 3.05) is 13.1 Å². The van der Waals surface area contributed by atoms with Crippen molar-refractivity contribution >= 4 is 15.8 Å². The van der Waals surface area contributed by atoms with Gasteiger partial charge >= 0.3 is 18.5 Å². The summed E-state index contributed by atoms with van der Waals surface area (Å²) < 4.78 is 78.6. The average Bonchev–Trinajstić information content (AvgIpc) is 2.74. The zero-order valence-electron chi connectivity index (χ0n) is 16.0. The first kappa shape index (κ1) is 23.0. The third-order valence-electron chi connectivity index (χ3n) is 5.18. The number of piperidine rings is 1. The lowest BCUT2D eigenvalue weighted by Gasteiger charge is -2.33. The molecule has 0 bridgehead atoms. The summed E-state index contributed by atoms with van der Waals surface area (Å²) >= 11 is 0. The number of sulfone groups is 1. The second-order valence-corrected chi connectivity index (χ2v) is 9.33. The fourth-order valence-corrected chi connectivity index (χ4v) is 5.31. The standard InChI is InChI=1S/C20H19F4NO5S/c21-17(22)20(23,24)30-15-5-1-13(2-6-15)14-3-7-16(8-4-14)31(28,29)19(18(26)27)9-11-25-12-10-19/h1-8,17,25H,9-12H2,(H,26,27). The number of hydrogen-bond acceptors (Lipinski definition) is 5. The van der Waals surface area contributed by atoms with E-state index in [0.29, 0.717) is 11.1 Å². The van der Waals surface area contributed by atoms with Crippen LogP contribution in [0.5, 0.6) is 5.75 Å². The summed E-state index contributed by atoms with van der Waals surface area (Å²) in [4.78, 5) is 11.7. The van der Waals surface area contributed by atoms with Crippen molar-refractivity contribution in [2.24, 2.45) is 0 Å². The summed E-state index contributed by atoms with van der Waals surface area (Å²) in [5.41, 5.74) is 1.01. The second-order valence-electron chi connectivity index (χ2n) is 7.07. The van der Waals surface area contributed by atoms with Gasteiger partial charge in [0.15, 0.2) is 14.6 Å². The number of benzene rings is 2. The van der Waals surface area contributed by atoms with Gasteiger partial charge in [-0.25, -0.2) is 8.42 Å². The molecule has 0 saturated carbocycles. The largest absolute Gasteiger partial charge is 0.480 e. The molecule has 31 heavy (non-hydrogen) atoms. The number of carboxylic acids is 1. The molecule has 2 N–H and O–H groups in total. The first-order chi connectivity index (χ1) is 14.5. The van der Waals surface area contributed by atoms with E-state index in [1.165, 1.54) is 36.4 Å². The van der Waals surface area contributed by atoms with E-state index >= 15 is 0 Å². The fraction of sp³-hybridized carbons (Fsp3) is 0.350. The zero-order valence-corrected chi connectivity index (χ0v) is 16.8. The van der Waals surface area contributed by atoms with E-state index in [0.717, 1.165) is 12.1 Å². The number of rotatable bonds is 7. The molecule has 0 unspecified atom stereocenters. The Balaban J connectivity index is 1.84. The van der Waals surface area contributed by atoms with E-state index < -0.39 is 38.8 Å². The second kappa shape index (κ2) is 8.46. The van der Waals surface area contributed by atoms with Gasteiger partial charge in [-0.2, -0.15) is 17.6 Å². The third-order valence-corrected chi connectivity index (χ3v) is 7.68. The number of ether oxygens (including phenoxy) is 1. The Morgan fingerprint density at radius 2 is 1.48 bits per heavy atom. The Hall–Kier alpha value is -2.66. The fourth-order valence-electron chi connectivity index (χ4n) is 3.40. The highest BCUT2D eigenvalue weighted by molar-refractivity contribution is 7.93. The highest BCUT2D eigenvalue weighted by atomic mass is 32.2. The number of hydrogen-bond donors (Lipinski definition) is 2. The maximum Gasteiger partial charge on any atom is 0.461 e. The number of nitrogens with one attached hydrogen (secondary N) is 1. The van der Waals surface area contributed by atoms with E-state index in [1.807, 2.05) is 0 Å². The maximum absolute atomic E-state index is 13.1. The Morgan fingerprint density at radius 1 is 1.00 bits per heavy atom. The van der Waals surface area contributed by atoms with Crippen LogP contribution in [0, 0.1) is 0 Å². The van der Waals surface area contributed by atoms with Gasteiger partial charge < -0.3 is 15.2 Å². The van der Waals surface area contributed by atoms with E-state index in [9.17, 15) is 35.9 Å². The Morgan fingerprint density at radius 3 is 1.94 bits per heavy atom. The first-order valence-corrected chi connectivity index (χ1v) is 10.7. The quantitative estimate of drug-likeness (QED) is 0.613. The summed E-state index contributed by atoms with van der Waals surface area (Å²) in [7, 11) is -4.17. The molecule has 168 valence electrons. The number of alkyl halides is 4. The lowest BCUT2D eigenvalue weighted by atomic mass is 9.97. The third kappa shape index (κ3) is 4.38. The molecule has 2 aromatic rings. The Labute approximate surface area is 175 Å². The molecule has 0 spiro atoms.